The van der Waals surface area contributed by atoms with Gasteiger partial charge in [-0.15, -0.1) is 0 Å². The summed E-state index contributed by atoms with van der Waals surface area (Å²) in [6.07, 6.45) is 0.979. The summed E-state index contributed by atoms with van der Waals surface area (Å²) >= 11 is 0. The maximum Gasteiger partial charge on any atom is 0.319 e. The second-order valence-electron chi connectivity index (χ2n) is 3.84. The minimum absolute atomic E-state index is 0.359. The molecule has 0 aliphatic carbocycles. The first kappa shape index (κ1) is 14.7. The number of carbonyl (C=O) groups is 1. The van der Waals surface area contributed by atoms with E-state index in [9.17, 15) is 9.00 Å². The lowest BCUT2D eigenvalue weighted by Gasteiger charge is -2.10. The van der Waals surface area contributed by atoms with E-state index in [1.54, 1.807) is 6.92 Å². The standard InChI is InChI=1S/C13H18O4S/c1-2-12(13(14)15)18(16)10-6-9-17-11-7-4-3-5-8-11/h3-5,7-8,12H,2,6,9-10H2,1H3,(H,14,15). The molecule has 0 saturated carbocycles. The molecule has 0 aliphatic heterocycles. The van der Waals surface area contributed by atoms with Gasteiger partial charge < -0.3 is 9.84 Å². The van der Waals surface area contributed by atoms with E-state index in [1.807, 2.05) is 30.3 Å². The first-order valence-corrected chi connectivity index (χ1v) is 7.31. The Morgan fingerprint density at radius 1 is 1.39 bits per heavy atom. The number of rotatable bonds is 8. The first-order chi connectivity index (χ1) is 8.65. The fraction of sp³-hybridized carbons (Fsp3) is 0.462. The molecule has 0 heterocycles. The average molecular weight is 270 g/mol. The Morgan fingerprint density at radius 2 is 2.06 bits per heavy atom. The Kier molecular flexibility index (Phi) is 6.43. The molecule has 0 aromatic heterocycles. The number of ether oxygens (including phenoxy) is 1. The van der Waals surface area contributed by atoms with Crippen LogP contribution in [-0.4, -0.2) is 32.9 Å². The Labute approximate surface area is 109 Å². The second-order valence-corrected chi connectivity index (χ2v) is 5.57. The van der Waals surface area contributed by atoms with Crippen molar-refractivity contribution in [3.8, 4) is 5.75 Å². The molecule has 0 radical (unpaired) electrons. The van der Waals surface area contributed by atoms with E-state index in [-0.39, 0.29) is 0 Å². The number of hydrogen-bond acceptors (Lipinski definition) is 3. The molecule has 0 amide bonds. The molecule has 0 spiro atoms. The fourth-order valence-corrected chi connectivity index (χ4v) is 2.81. The van der Waals surface area contributed by atoms with Crippen LogP contribution in [-0.2, 0) is 15.6 Å². The Balaban J connectivity index is 2.25. The van der Waals surface area contributed by atoms with Gasteiger partial charge in [-0.3, -0.25) is 9.00 Å². The monoisotopic (exact) mass is 270 g/mol. The lowest BCUT2D eigenvalue weighted by atomic mass is 10.3. The number of benzene rings is 1. The van der Waals surface area contributed by atoms with Gasteiger partial charge in [0.1, 0.15) is 11.0 Å². The van der Waals surface area contributed by atoms with Crippen LogP contribution in [0.5, 0.6) is 5.75 Å². The Bertz CT molecular complexity index is 391. The zero-order valence-corrected chi connectivity index (χ0v) is 11.2. The van der Waals surface area contributed by atoms with Crippen LogP contribution in [0.25, 0.3) is 0 Å². The third kappa shape index (κ3) is 4.87. The fourth-order valence-electron chi connectivity index (χ4n) is 1.52. The lowest BCUT2D eigenvalue weighted by molar-refractivity contribution is -0.136. The zero-order valence-electron chi connectivity index (χ0n) is 10.4. The maximum absolute atomic E-state index is 11.7. The molecular formula is C13H18O4S. The van der Waals surface area contributed by atoms with Crippen LogP contribution < -0.4 is 4.74 Å². The van der Waals surface area contributed by atoms with Crippen molar-refractivity contribution < 1.29 is 18.8 Å². The average Bonchev–Trinajstić information content (AvgIpc) is 2.36. The smallest absolute Gasteiger partial charge is 0.319 e. The summed E-state index contributed by atoms with van der Waals surface area (Å²) < 4.78 is 17.2. The molecule has 5 heteroatoms. The third-order valence-corrected chi connectivity index (χ3v) is 4.33. The van der Waals surface area contributed by atoms with Crippen molar-refractivity contribution >= 4 is 16.8 Å². The molecular weight excluding hydrogens is 252 g/mol. The Morgan fingerprint density at radius 3 is 2.61 bits per heavy atom. The summed E-state index contributed by atoms with van der Waals surface area (Å²) in [7, 11) is -1.33. The van der Waals surface area contributed by atoms with E-state index in [1.165, 1.54) is 0 Å². The number of carboxylic acids is 1. The molecule has 2 unspecified atom stereocenters. The van der Waals surface area contributed by atoms with Crippen LogP contribution in [0.2, 0.25) is 0 Å². The molecule has 4 nitrogen and oxygen atoms in total. The summed E-state index contributed by atoms with van der Waals surface area (Å²) in [6, 6.07) is 9.36. The molecule has 1 aromatic rings. The predicted octanol–water partition coefficient (Wildman–Crippen LogP) is 2.07. The summed E-state index contributed by atoms with van der Waals surface area (Å²) in [4.78, 5) is 10.8. The lowest BCUT2D eigenvalue weighted by Crippen LogP contribution is -2.26. The van der Waals surface area contributed by atoms with Gasteiger partial charge in [0.2, 0.25) is 0 Å². The van der Waals surface area contributed by atoms with Crippen LogP contribution >= 0.6 is 0 Å². The van der Waals surface area contributed by atoms with Gasteiger partial charge in [-0.2, -0.15) is 0 Å². The van der Waals surface area contributed by atoms with Gasteiger partial charge in [-0.1, -0.05) is 25.1 Å². The van der Waals surface area contributed by atoms with E-state index in [0.717, 1.165) is 5.75 Å². The molecule has 0 fully saturated rings. The van der Waals surface area contributed by atoms with Crippen LogP contribution in [0, 0.1) is 0 Å². The molecule has 0 bridgehead atoms. The first-order valence-electron chi connectivity index (χ1n) is 5.93. The minimum atomic E-state index is -1.33. The summed E-state index contributed by atoms with van der Waals surface area (Å²) in [5.41, 5.74) is 0. The molecule has 0 saturated heterocycles. The van der Waals surface area contributed by atoms with Crippen molar-refractivity contribution in [2.75, 3.05) is 12.4 Å². The summed E-state index contributed by atoms with van der Waals surface area (Å²) in [5.74, 6) is 0.144. The van der Waals surface area contributed by atoms with Crippen molar-refractivity contribution in [3.63, 3.8) is 0 Å². The van der Waals surface area contributed by atoms with Crippen molar-refractivity contribution in [3.05, 3.63) is 30.3 Å². The summed E-state index contributed by atoms with van der Waals surface area (Å²) in [5, 5.41) is 8.09. The number of carboxylic acid groups (broad SMARTS) is 1. The number of hydrogen-bond donors (Lipinski definition) is 1. The highest BCUT2D eigenvalue weighted by atomic mass is 32.2. The van der Waals surface area contributed by atoms with Crippen LogP contribution in [0.1, 0.15) is 19.8 Å². The highest BCUT2D eigenvalue weighted by Crippen LogP contribution is 2.09. The SMILES string of the molecule is CCC(C(=O)O)S(=O)CCCOc1ccccc1. The van der Waals surface area contributed by atoms with Gasteiger partial charge in [-0.05, 0) is 25.0 Å². The van der Waals surface area contributed by atoms with Crippen molar-refractivity contribution in [2.24, 2.45) is 0 Å². The predicted molar refractivity (Wildman–Crippen MR) is 71.3 cm³/mol. The van der Waals surface area contributed by atoms with Gasteiger partial charge in [-0.25, -0.2) is 0 Å². The van der Waals surface area contributed by atoms with E-state index in [0.29, 0.717) is 25.2 Å². The molecule has 100 valence electrons. The number of para-hydroxylation sites is 1. The van der Waals surface area contributed by atoms with Crippen LogP contribution in [0.3, 0.4) is 0 Å². The highest BCUT2D eigenvalue weighted by molar-refractivity contribution is 7.86. The highest BCUT2D eigenvalue weighted by Gasteiger charge is 2.21. The van der Waals surface area contributed by atoms with E-state index in [4.69, 9.17) is 9.84 Å². The quantitative estimate of drug-likeness (QED) is 0.734. The van der Waals surface area contributed by atoms with Gasteiger partial charge in [0.05, 0.1) is 6.61 Å². The van der Waals surface area contributed by atoms with E-state index < -0.39 is 22.0 Å². The topological polar surface area (TPSA) is 63.6 Å². The maximum atomic E-state index is 11.7. The summed E-state index contributed by atoms with van der Waals surface area (Å²) in [6.45, 7) is 2.18. The number of aliphatic carboxylic acids is 1. The molecule has 1 rings (SSSR count). The van der Waals surface area contributed by atoms with Crippen molar-refractivity contribution in [1.29, 1.82) is 0 Å². The largest absolute Gasteiger partial charge is 0.494 e. The molecule has 1 aromatic carbocycles. The van der Waals surface area contributed by atoms with Gasteiger partial charge in [0, 0.05) is 16.6 Å². The second kappa shape index (κ2) is 7.87. The van der Waals surface area contributed by atoms with Crippen molar-refractivity contribution in [1.82, 2.24) is 0 Å². The normalized spacial score (nSPS) is 13.8. The van der Waals surface area contributed by atoms with Crippen LogP contribution in [0.4, 0.5) is 0 Å². The minimum Gasteiger partial charge on any atom is -0.494 e. The van der Waals surface area contributed by atoms with E-state index >= 15 is 0 Å². The molecule has 1 N–H and O–H groups in total. The van der Waals surface area contributed by atoms with E-state index in [2.05, 4.69) is 0 Å². The Hall–Kier alpha value is -1.36. The molecule has 0 aliphatic rings. The van der Waals surface area contributed by atoms with Crippen molar-refractivity contribution in [2.45, 2.75) is 25.0 Å². The molecule has 18 heavy (non-hydrogen) atoms. The third-order valence-electron chi connectivity index (χ3n) is 2.47. The van der Waals surface area contributed by atoms with Gasteiger partial charge in [0.25, 0.3) is 0 Å². The molecule has 2 atom stereocenters. The van der Waals surface area contributed by atoms with Crippen LogP contribution in [0.15, 0.2) is 30.3 Å². The van der Waals surface area contributed by atoms with Gasteiger partial charge >= 0.3 is 5.97 Å². The van der Waals surface area contributed by atoms with Gasteiger partial charge in [0.15, 0.2) is 0 Å². The zero-order chi connectivity index (χ0) is 13.4.